The van der Waals surface area contributed by atoms with Crippen LogP contribution in [0.15, 0.2) is 42.6 Å². The fraction of sp³-hybridized carbons (Fsp3) is 0.143. The van der Waals surface area contributed by atoms with Crippen molar-refractivity contribution in [3.8, 4) is 5.88 Å². The van der Waals surface area contributed by atoms with Crippen molar-refractivity contribution in [1.29, 1.82) is 0 Å². The summed E-state index contributed by atoms with van der Waals surface area (Å²) in [5.74, 6) is 0.460. The number of hydrogen-bond donors (Lipinski definition) is 1. The van der Waals surface area contributed by atoms with Crippen LogP contribution >= 0.6 is 22.6 Å². The largest absolute Gasteiger partial charge is 0.481 e. The van der Waals surface area contributed by atoms with Gasteiger partial charge in [-0.15, -0.1) is 0 Å². The van der Waals surface area contributed by atoms with Gasteiger partial charge in [-0.2, -0.15) is 0 Å². The molecule has 0 aliphatic carbocycles. The summed E-state index contributed by atoms with van der Waals surface area (Å²) in [6.45, 7) is 0.447. The van der Waals surface area contributed by atoms with Crippen molar-refractivity contribution >= 4 is 28.5 Å². The number of ether oxygens (including phenoxy) is 1. The van der Waals surface area contributed by atoms with E-state index in [1.165, 1.54) is 0 Å². The lowest BCUT2D eigenvalue weighted by atomic mass is 10.2. The average Bonchev–Trinajstić information content (AvgIpc) is 2.45. The van der Waals surface area contributed by atoms with Crippen LogP contribution in [0.4, 0.5) is 0 Å². The lowest BCUT2D eigenvalue weighted by Gasteiger charge is -2.07. The highest BCUT2D eigenvalue weighted by molar-refractivity contribution is 14.1. The number of amides is 1. The van der Waals surface area contributed by atoms with Gasteiger partial charge in [-0.3, -0.25) is 4.79 Å². The molecule has 0 radical (unpaired) electrons. The van der Waals surface area contributed by atoms with Crippen LogP contribution in [-0.2, 0) is 6.54 Å². The third kappa shape index (κ3) is 3.66. The molecule has 0 atom stereocenters. The normalized spacial score (nSPS) is 10.0. The molecular formula is C14H13IN2O2. The Morgan fingerprint density at radius 3 is 2.89 bits per heavy atom. The van der Waals surface area contributed by atoms with Crippen LogP contribution in [0.1, 0.15) is 15.9 Å². The molecule has 0 fully saturated rings. The van der Waals surface area contributed by atoms with Gasteiger partial charge in [-0.1, -0.05) is 12.1 Å². The molecule has 1 aromatic heterocycles. The minimum atomic E-state index is -0.0826. The highest BCUT2D eigenvalue weighted by Gasteiger charge is 2.08. The summed E-state index contributed by atoms with van der Waals surface area (Å²) < 4.78 is 5.98. The maximum absolute atomic E-state index is 12.0. The van der Waals surface area contributed by atoms with E-state index in [9.17, 15) is 4.79 Å². The number of carbonyl (C=O) groups is 1. The molecule has 1 heterocycles. The first-order chi connectivity index (χ1) is 9.20. The summed E-state index contributed by atoms with van der Waals surface area (Å²) in [4.78, 5) is 16.1. The quantitative estimate of drug-likeness (QED) is 0.845. The fourth-order valence-corrected chi connectivity index (χ4v) is 2.23. The van der Waals surface area contributed by atoms with E-state index in [-0.39, 0.29) is 5.91 Å². The Hall–Kier alpha value is -1.63. The van der Waals surface area contributed by atoms with Gasteiger partial charge in [0.1, 0.15) is 0 Å². The molecule has 0 aliphatic rings. The van der Waals surface area contributed by atoms with Crippen LogP contribution in [0.3, 0.4) is 0 Å². The van der Waals surface area contributed by atoms with Crippen LogP contribution in [0.25, 0.3) is 0 Å². The first kappa shape index (κ1) is 13.8. The molecule has 0 saturated carbocycles. The number of rotatable bonds is 4. The smallest absolute Gasteiger partial charge is 0.252 e. The van der Waals surface area contributed by atoms with E-state index in [1.807, 2.05) is 30.3 Å². The van der Waals surface area contributed by atoms with Gasteiger partial charge in [0, 0.05) is 22.4 Å². The number of pyridine rings is 1. The lowest BCUT2D eigenvalue weighted by Crippen LogP contribution is -2.23. The summed E-state index contributed by atoms with van der Waals surface area (Å²) >= 11 is 2.15. The van der Waals surface area contributed by atoms with Gasteiger partial charge in [0.05, 0.1) is 12.7 Å². The van der Waals surface area contributed by atoms with Crippen molar-refractivity contribution in [3.63, 3.8) is 0 Å². The molecule has 0 aliphatic heterocycles. The number of aromatic nitrogens is 1. The zero-order valence-corrected chi connectivity index (χ0v) is 12.5. The van der Waals surface area contributed by atoms with Gasteiger partial charge in [-0.05, 0) is 46.4 Å². The van der Waals surface area contributed by atoms with E-state index in [2.05, 4.69) is 32.9 Å². The second kappa shape index (κ2) is 6.51. The van der Waals surface area contributed by atoms with Gasteiger partial charge < -0.3 is 10.1 Å². The zero-order chi connectivity index (χ0) is 13.7. The predicted molar refractivity (Wildman–Crippen MR) is 81.1 cm³/mol. The Balaban J connectivity index is 2.02. The summed E-state index contributed by atoms with van der Waals surface area (Å²) in [5, 5.41) is 2.88. The summed E-state index contributed by atoms with van der Waals surface area (Å²) in [5.41, 5.74) is 1.63. The second-order valence-electron chi connectivity index (χ2n) is 3.87. The predicted octanol–water partition coefficient (Wildman–Crippen LogP) is 2.62. The number of hydrogen-bond acceptors (Lipinski definition) is 3. The van der Waals surface area contributed by atoms with Gasteiger partial charge in [0.25, 0.3) is 5.91 Å². The van der Waals surface area contributed by atoms with E-state index in [1.54, 1.807) is 19.4 Å². The van der Waals surface area contributed by atoms with Crippen molar-refractivity contribution in [2.24, 2.45) is 0 Å². The van der Waals surface area contributed by atoms with Gasteiger partial charge >= 0.3 is 0 Å². The molecule has 5 heteroatoms. The number of methoxy groups -OCH3 is 1. The maximum atomic E-state index is 12.0. The van der Waals surface area contributed by atoms with E-state index in [4.69, 9.17) is 4.74 Å². The minimum absolute atomic E-state index is 0.0826. The minimum Gasteiger partial charge on any atom is -0.481 e. The van der Waals surface area contributed by atoms with Gasteiger partial charge in [0.2, 0.25) is 5.88 Å². The molecule has 19 heavy (non-hydrogen) atoms. The maximum Gasteiger partial charge on any atom is 0.252 e. The highest BCUT2D eigenvalue weighted by atomic mass is 127. The number of nitrogens with one attached hydrogen (secondary N) is 1. The first-order valence-electron chi connectivity index (χ1n) is 5.72. The summed E-state index contributed by atoms with van der Waals surface area (Å²) in [6, 6.07) is 11.1. The fourth-order valence-electron chi connectivity index (χ4n) is 1.59. The third-order valence-electron chi connectivity index (χ3n) is 2.58. The van der Waals surface area contributed by atoms with Gasteiger partial charge in [-0.25, -0.2) is 4.98 Å². The molecule has 2 rings (SSSR count). The van der Waals surface area contributed by atoms with Crippen LogP contribution in [0.5, 0.6) is 5.88 Å². The molecule has 4 nitrogen and oxygen atoms in total. The van der Waals surface area contributed by atoms with Crippen molar-refractivity contribution in [2.45, 2.75) is 6.54 Å². The summed E-state index contributed by atoms with van der Waals surface area (Å²) in [7, 11) is 1.57. The van der Waals surface area contributed by atoms with Gasteiger partial charge in [0.15, 0.2) is 0 Å². The molecule has 2 aromatic rings. The molecule has 0 unspecified atom stereocenters. The molecule has 1 N–H and O–H groups in total. The summed E-state index contributed by atoms with van der Waals surface area (Å²) in [6.07, 6.45) is 1.66. The Morgan fingerprint density at radius 1 is 1.37 bits per heavy atom. The first-order valence-corrected chi connectivity index (χ1v) is 6.80. The monoisotopic (exact) mass is 368 g/mol. The number of benzene rings is 1. The van der Waals surface area contributed by atoms with E-state index in [0.29, 0.717) is 18.0 Å². The van der Waals surface area contributed by atoms with Crippen LogP contribution < -0.4 is 10.1 Å². The van der Waals surface area contributed by atoms with E-state index >= 15 is 0 Å². The molecule has 0 saturated heterocycles. The number of nitrogens with zero attached hydrogens (tertiary/aromatic N) is 1. The van der Waals surface area contributed by atoms with E-state index < -0.39 is 0 Å². The van der Waals surface area contributed by atoms with E-state index in [0.717, 1.165) is 9.13 Å². The van der Waals surface area contributed by atoms with Crippen molar-refractivity contribution < 1.29 is 9.53 Å². The van der Waals surface area contributed by atoms with Crippen LogP contribution in [0.2, 0.25) is 0 Å². The zero-order valence-electron chi connectivity index (χ0n) is 10.4. The molecule has 0 spiro atoms. The Kier molecular flexibility index (Phi) is 4.73. The Labute approximate surface area is 125 Å². The SMILES string of the molecule is COc1cc(CNC(=O)c2ccccc2I)ccn1. The molecule has 1 aromatic carbocycles. The number of carbonyl (C=O) groups excluding carboxylic acids is 1. The molecule has 98 valence electrons. The van der Waals surface area contributed by atoms with Crippen molar-refractivity contribution in [1.82, 2.24) is 10.3 Å². The Morgan fingerprint density at radius 2 is 2.16 bits per heavy atom. The van der Waals surface area contributed by atoms with Crippen LogP contribution in [0, 0.1) is 3.57 Å². The topological polar surface area (TPSA) is 51.2 Å². The average molecular weight is 368 g/mol. The highest BCUT2D eigenvalue weighted by Crippen LogP contribution is 2.12. The molecule has 0 bridgehead atoms. The third-order valence-corrected chi connectivity index (χ3v) is 3.52. The Bertz CT molecular complexity index is 587. The molecule has 1 amide bonds. The van der Waals surface area contributed by atoms with Crippen molar-refractivity contribution in [2.75, 3.05) is 7.11 Å². The van der Waals surface area contributed by atoms with Crippen molar-refractivity contribution in [3.05, 3.63) is 57.3 Å². The standard InChI is InChI=1S/C14H13IN2O2/c1-19-13-8-10(6-7-16-13)9-17-14(18)11-4-2-3-5-12(11)15/h2-8H,9H2,1H3,(H,17,18). The van der Waals surface area contributed by atoms with Crippen LogP contribution in [-0.4, -0.2) is 18.0 Å². The molecular weight excluding hydrogens is 355 g/mol. The lowest BCUT2D eigenvalue weighted by molar-refractivity contribution is 0.0950. The second-order valence-corrected chi connectivity index (χ2v) is 5.03. The number of halogens is 1.